The minimum absolute atomic E-state index is 0.397. The Bertz CT molecular complexity index is 1200. The van der Waals surface area contributed by atoms with Gasteiger partial charge in [0.1, 0.15) is 0 Å². The molecule has 142 valence electrons. The van der Waals surface area contributed by atoms with Crippen LogP contribution < -0.4 is 0 Å². The lowest BCUT2D eigenvalue weighted by Crippen LogP contribution is -2.43. The number of carbonyl (C=O) groups excluding carboxylic acids is 1. The van der Waals surface area contributed by atoms with Gasteiger partial charge in [-0.3, -0.25) is 9.36 Å². The van der Waals surface area contributed by atoms with E-state index in [1.165, 1.54) is 11.5 Å². The number of rotatable bonds is 1. The molecule has 2 heterocycles. The largest absolute Gasteiger partial charge is 0.390 e. The van der Waals surface area contributed by atoms with Crippen molar-refractivity contribution in [3.05, 3.63) is 58.7 Å². The molecule has 1 aliphatic heterocycles. The first kappa shape index (κ1) is 18.3. The van der Waals surface area contributed by atoms with E-state index in [0.29, 0.717) is 33.3 Å². The van der Waals surface area contributed by atoms with E-state index in [1.807, 2.05) is 13.0 Å². The van der Waals surface area contributed by atoms with E-state index in [1.54, 1.807) is 37.3 Å². The molecule has 0 bridgehead atoms. The van der Waals surface area contributed by atoms with Crippen LogP contribution in [0.2, 0.25) is 0 Å². The molecule has 2 aromatic carbocycles. The second-order valence-corrected chi connectivity index (χ2v) is 7.63. The molecule has 28 heavy (non-hydrogen) atoms. The van der Waals surface area contributed by atoms with Gasteiger partial charge >= 0.3 is 6.18 Å². The van der Waals surface area contributed by atoms with Crippen LogP contribution in [0.25, 0.3) is 22.2 Å². The van der Waals surface area contributed by atoms with Crippen LogP contribution in [0.4, 0.5) is 13.2 Å². The monoisotopic (exact) mass is 382 g/mol. The van der Waals surface area contributed by atoms with Crippen molar-refractivity contribution >= 4 is 16.8 Å². The van der Waals surface area contributed by atoms with Crippen LogP contribution in [0, 0.1) is 25.2 Å². The highest BCUT2D eigenvalue weighted by atomic mass is 19.4. The minimum Gasteiger partial charge on any atom is -0.279 e. The number of hydrogen-bond donors (Lipinski definition) is 0. The van der Waals surface area contributed by atoms with Crippen molar-refractivity contribution in [3.8, 4) is 17.3 Å². The highest BCUT2D eigenvalue weighted by molar-refractivity contribution is 6.08. The predicted octanol–water partition coefficient (Wildman–Crippen LogP) is 5.66. The van der Waals surface area contributed by atoms with Crippen LogP contribution in [0.3, 0.4) is 0 Å². The van der Waals surface area contributed by atoms with Crippen LogP contribution in [0.5, 0.6) is 0 Å². The summed E-state index contributed by atoms with van der Waals surface area (Å²) in [6, 6.07) is 12.3. The Morgan fingerprint density at radius 3 is 2.50 bits per heavy atom. The molecule has 0 N–H and O–H groups in total. The van der Waals surface area contributed by atoms with Crippen LogP contribution in [-0.4, -0.2) is 16.7 Å². The summed E-state index contributed by atoms with van der Waals surface area (Å²) >= 11 is 0. The van der Waals surface area contributed by atoms with Crippen molar-refractivity contribution < 1.29 is 18.0 Å². The Morgan fingerprint density at radius 2 is 1.86 bits per heavy atom. The van der Waals surface area contributed by atoms with Gasteiger partial charge in [-0.25, -0.2) is 0 Å². The number of fused-ring (bicyclic) bond motifs is 5. The maximum atomic E-state index is 13.5. The fourth-order valence-corrected chi connectivity index (χ4v) is 4.30. The van der Waals surface area contributed by atoms with Crippen molar-refractivity contribution in [1.82, 2.24) is 4.57 Å². The third kappa shape index (κ3) is 2.46. The molecule has 6 heteroatoms. The Labute approximate surface area is 160 Å². The summed E-state index contributed by atoms with van der Waals surface area (Å²) in [5.74, 6) is -0.597. The van der Waals surface area contributed by atoms with Crippen LogP contribution in [-0.2, 0) is 5.41 Å². The lowest BCUT2D eigenvalue weighted by atomic mass is 9.72. The van der Waals surface area contributed by atoms with Gasteiger partial charge < -0.3 is 0 Å². The second-order valence-electron chi connectivity index (χ2n) is 7.63. The van der Waals surface area contributed by atoms with Gasteiger partial charge in [0, 0.05) is 10.9 Å². The Kier molecular flexibility index (Phi) is 3.73. The quantitative estimate of drug-likeness (QED) is 0.545. The van der Waals surface area contributed by atoms with E-state index in [9.17, 15) is 23.2 Å². The van der Waals surface area contributed by atoms with Crippen LogP contribution in [0.15, 0.2) is 36.4 Å². The topological polar surface area (TPSA) is 45.8 Å². The van der Waals surface area contributed by atoms with Crippen molar-refractivity contribution in [2.75, 3.05) is 0 Å². The molecule has 0 aliphatic carbocycles. The molecule has 0 saturated heterocycles. The fourth-order valence-electron chi connectivity index (χ4n) is 4.30. The summed E-state index contributed by atoms with van der Waals surface area (Å²) in [5.41, 5.74) is 2.44. The van der Waals surface area contributed by atoms with E-state index < -0.39 is 23.9 Å². The van der Waals surface area contributed by atoms with E-state index >= 15 is 0 Å². The molecule has 0 amide bonds. The van der Waals surface area contributed by atoms with Crippen molar-refractivity contribution in [1.29, 1.82) is 5.26 Å². The average Bonchev–Trinajstić information content (AvgIpc) is 2.91. The summed E-state index contributed by atoms with van der Waals surface area (Å²) in [6.45, 7) is 5.00. The smallest absolute Gasteiger partial charge is 0.279 e. The highest BCUT2D eigenvalue weighted by Gasteiger charge is 2.50. The number of aromatic nitrogens is 1. The number of alkyl halides is 3. The molecule has 0 saturated carbocycles. The van der Waals surface area contributed by atoms with Gasteiger partial charge in [-0.05, 0) is 50.1 Å². The maximum Gasteiger partial charge on any atom is 0.390 e. The molecule has 0 unspecified atom stereocenters. The van der Waals surface area contributed by atoms with Gasteiger partial charge in [-0.15, -0.1) is 0 Å². The lowest BCUT2D eigenvalue weighted by molar-refractivity contribution is -0.144. The number of aryl methyl sites for hydroxylation is 2. The summed E-state index contributed by atoms with van der Waals surface area (Å²) in [4.78, 5) is 13.5. The molecule has 1 aliphatic rings. The Balaban J connectivity index is 2.13. The van der Waals surface area contributed by atoms with Crippen LogP contribution in [0.1, 0.15) is 40.4 Å². The molecule has 1 aromatic heterocycles. The summed E-state index contributed by atoms with van der Waals surface area (Å²) in [5, 5.41) is 9.89. The fraction of sp³-hybridized carbons (Fsp3) is 0.273. The van der Waals surface area contributed by atoms with E-state index in [0.717, 1.165) is 11.1 Å². The number of halogens is 3. The number of nitriles is 1. The Hall–Kier alpha value is -3.07. The van der Waals surface area contributed by atoms with E-state index in [4.69, 9.17) is 0 Å². The minimum atomic E-state index is -4.49. The van der Waals surface area contributed by atoms with Crippen molar-refractivity contribution in [2.24, 2.45) is 0 Å². The van der Waals surface area contributed by atoms with Gasteiger partial charge in [-0.2, -0.15) is 18.4 Å². The zero-order valence-corrected chi connectivity index (χ0v) is 15.6. The number of hydrogen-bond acceptors (Lipinski definition) is 2. The molecule has 3 nitrogen and oxygen atoms in total. The Morgan fingerprint density at radius 1 is 1.14 bits per heavy atom. The predicted molar refractivity (Wildman–Crippen MR) is 100 cm³/mol. The molecule has 0 spiro atoms. The molecule has 0 radical (unpaired) electrons. The number of nitrogens with zero attached hydrogens (tertiary/aromatic N) is 2. The summed E-state index contributed by atoms with van der Waals surface area (Å²) in [7, 11) is 0. The van der Waals surface area contributed by atoms with Gasteiger partial charge in [0.25, 0.3) is 0 Å². The summed E-state index contributed by atoms with van der Waals surface area (Å²) in [6.07, 6.45) is -5.72. The average molecular weight is 382 g/mol. The van der Waals surface area contributed by atoms with Gasteiger partial charge in [0.05, 0.1) is 34.7 Å². The second kappa shape index (κ2) is 5.71. The van der Waals surface area contributed by atoms with Crippen LogP contribution >= 0.6 is 0 Å². The lowest BCUT2D eigenvalue weighted by Gasteiger charge is -2.36. The zero-order valence-electron chi connectivity index (χ0n) is 15.6. The zero-order chi connectivity index (χ0) is 20.4. The van der Waals surface area contributed by atoms with E-state index in [-0.39, 0.29) is 0 Å². The third-order valence-electron chi connectivity index (χ3n) is 5.60. The highest BCUT2D eigenvalue weighted by Crippen LogP contribution is 2.49. The molecule has 1 atom stereocenters. The van der Waals surface area contributed by atoms with E-state index in [2.05, 4.69) is 6.07 Å². The first-order valence-electron chi connectivity index (χ1n) is 8.85. The van der Waals surface area contributed by atoms with Gasteiger partial charge in [0.15, 0.2) is 0 Å². The normalized spacial score (nSPS) is 18.7. The van der Waals surface area contributed by atoms with Crippen molar-refractivity contribution in [3.63, 3.8) is 0 Å². The molecule has 4 rings (SSSR count). The van der Waals surface area contributed by atoms with Gasteiger partial charge in [-0.1, -0.05) is 23.8 Å². The molecule has 0 fully saturated rings. The van der Waals surface area contributed by atoms with Crippen molar-refractivity contribution in [2.45, 2.75) is 38.8 Å². The first-order valence-corrected chi connectivity index (χ1v) is 8.85. The SMILES string of the molecule is Cc1ccc2c(c1)[C@](C)(CC(F)(F)F)C(=O)n1c-2c(C)c2cc(C#N)ccc21. The first-order chi connectivity index (χ1) is 13.1. The molecule has 3 aromatic rings. The van der Waals surface area contributed by atoms with Gasteiger partial charge in [0.2, 0.25) is 5.91 Å². The molecular formula is C22H17F3N2O. The number of benzene rings is 2. The standard InChI is InChI=1S/C22H17F3N2O/c1-12-4-6-15-17(8-12)21(3,11-22(23,24)25)20(28)27-18-7-5-14(10-26)9-16(18)13(2)19(15)27/h4-9H,11H2,1-3H3/t21-/m0/s1. The maximum absolute atomic E-state index is 13.5. The third-order valence-corrected chi connectivity index (χ3v) is 5.60. The number of carbonyl (C=O) groups is 1. The molecular weight excluding hydrogens is 365 g/mol. The summed E-state index contributed by atoms with van der Waals surface area (Å²) < 4.78 is 41.7.